The summed E-state index contributed by atoms with van der Waals surface area (Å²) in [4.78, 5) is 21.6. The first-order chi connectivity index (χ1) is 15.0. The second-order valence-electron chi connectivity index (χ2n) is 6.94. The fraction of sp³-hybridized carbons (Fsp3) is 0.136. The molecular formula is C22H17FN6OS. The van der Waals surface area contributed by atoms with Crippen LogP contribution in [0.3, 0.4) is 0 Å². The predicted molar refractivity (Wildman–Crippen MR) is 116 cm³/mol. The van der Waals surface area contributed by atoms with Gasteiger partial charge in [0.1, 0.15) is 23.3 Å². The van der Waals surface area contributed by atoms with E-state index in [4.69, 9.17) is 5.26 Å². The summed E-state index contributed by atoms with van der Waals surface area (Å²) in [6, 6.07) is 13.3. The van der Waals surface area contributed by atoms with Crippen LogP contribution in [-0.4, -0.2) is 25.7 Å². The zero-order valence-electron chi connectivity index (χ0n) is 16.7. The van der Waals surface area contributed by atoms with Crippen LogP contribution in [0.15, 0.2) is 54.0 Å². The van der Waals surface area contributed by atoms with Gasteiger partial charge in [-0.15, -0.1) is 11.3 Å². The van der Waals surface area contributed by atoms with Crippen molar-refractivity contribution in [1.29, 1.82) is 5.26 Å². The third kappa shape index (κ3) is 4.06. The number of rotatable bonds is 5. The minimum absolute atomic E-state index is 0.0684. The zero-order valence-corrected chi connectivity index (χ0v) is 17.5. The number of hydrogen-bond donors (Lipinski definition) is 1. The molecule has 31 heavy (non-hydrogen) atoms. The summed E-state index contributed by atoms with van der Waals surface area (Å²) in [7, 11) is 0. The number of amides is 1. The Kier molecular flexibility index (Phi) is 5.56. The summed E-state index contributed by atoms with van der Waals surface area (Å²) < 4.78 is 16.1. The van der Waals surface area contributed by atoms with Gasteiger partial charge in [0.05, 0.1) is 23.1 Å². The fourth-order valence-electron chi connectivity index (χ4n) is 3.09. The predicted octanol–water partition coefficient (Wildman–Crippen LogP) is 4.91. The molecule has 7 nitrogen and oxygen atoms in total. The van der Waals surface area contributed by atoms with Gasteiger partial charge in [-0.2, -0.15) is 10.4 Å². The molecule has 4 rings (SSSR count). The Bertz CT molecular complexity index is 1300. The van der Waals surface area contributed by atoms with Gasteiger partial charge in [-0.1, -0.05) is 18.2 Å². The van der Waals surface area contributed by atoms with Gasteiger partial charge in [0, 0.05) is 17.0 Å². The van der Waals surface area contributed by atoms with Crippen molar-refractivity contribution >= 4 is 22.4 Å². The first-order valence-electron chi connectivity index (χ1n) is 9.44. The molecule has 1 amide bonds. The molecule has 0 spiro atoms. The molecule has 0 unspecified atom stereocenters. The van der Waals surface area contributed by atoms with Crippen molar-refractivity contribution in [3.8, 4) is 28.7 Å². The van der Waals surface area contributed by atoms with Crippen molar-refractivity contribution in [2.24, 2.45) is 0 Å². The van der Waals surface area contributed by atoms with Crippen molar-refractivity contribution in [2.45, 2.75) is 19.9 Å². The van der Waals surface area contributed by atoms with Crippen LogP contribution in [0.25, 0.3) is 22.6 Å². The third-order valence-electron chi connectivity index (χ3n) is 4.51. The molecule has 0 saturated heterocycles. The molecule has 0 bridgehead atoms. The van der Waals surface area contributed by atoms with Crippen molar-refractivity contribution in [3.05, 3.63) is 71.1 Å². The second kappa shape index (κ2) is 8.45. The highest BCUT2D eigenvalue weighted by Crippen LogP contribution is 2.30. The summed E-state index contributed by atoms with van der Waals surface area (Å²) in [6.07, 6.45) is 1.43. The summed E-state index contributed by atoms with van der Waals surface area (Å²) in [6.45, 7) is 3.82. The number of hydrogen-bond acceptors (Lipinski definition) is 6. The maximum absolute atomic E-state index is 14.5. The van der Waals surface area contributed by atoms with E-state index in [0.717, 1.165) is 0 Å². The summed E-state index contributed by atoms with van der Waals surface area (Å²) in [5.41, 5.74) is 2.33. The lowest BCUT2D eigenvalue weighted by molar-refractivity contribution is 0.102. The van der Waals surface area contributed by atoms with Gasteiger partial charge in [0.2, 0.25) is 0 Å². The number of anilines is 1. The molecule has 3 aromatic heterocycles. The van der Waals surface area contributed by atoms with Crippen LogP contribution in [0.1, 0.15) is 35.9 Å². The van der Waals surface area contributed by atoms with Gasteiger partial charge in [-0.3, -0.25) is 14.8 Å². The van der Waals surface area contributed by atoms with Gasteiger partial charge in [0.15, 0.2) is 5.13 Å². The summed E-state index contributed by atoms with van der Waals surface area (Å²) in [5, 5.41) is 18.2. The number of nitrogens with zero attached hydrogens (tertiary/aromatic N) is 5. The van der Waals surface area contributed by atoms with Gasteiger partial charge >= 0.3 is 0 Å². The molecule has 0 atom stereocenters. The molecule has 154 valence electrons. The Morgan fingerprint density at radius 1 is 1.16 bits per heavy atom. The molecule has 3 heterocycles. The maximum atomic E-state index is 14.5. The SMILES string of the molecule is CC(C)n1ncc(C(=O)Nc2nc(-c3cccc(C#N)n3)cs2)c1-c1ccccc1F. The third-order valence-corrected chi connectivity index (χ3v) is 5.27. The average Bonchev–Trinajstić information content (AvgIpc) is 3.41. The Morgan fingerprint density at radius 3 is 2.71 bits per heavy atom. The number of benzene rings is 1. The number of carbonyl (C=O) groups excluding carboxylic acids is 1. The number of pyridine rings is 1. The normalized spacial score (nSPS) is 10.8. The van der Waals surface area contributed by atoms with Gasteiger partial charge in [-0.05, 0) is 38.1 Å². The molecule has 1 aromatic carbocycles. The Morgan fingerprint density at radius 2 is 1.97 bits per heavy atom. The van der Waals surface area contributed by atoms with E-state index in [1.807, 2.05) is 19.9 Å². The van der Waals surface area contributed by atoms with Crippen molar-refractivity contribution in [2.75, 3.05) is 5.32 Å². The average molecular weight is 432 g/mol. The molecule has 0 aliphatic rings. The van der Waals surface area contributed by atoms with Crippen molar-refractivity contribution < 1.29 is 9.18 Å². The highest BCUT2D eigenvalue weighted by Gasteiger charge is 2.23. The lowest BCUT2D eigenvalue weighted by Gasteiger charge is -2.13. The lowest BCUT2D eigenvalue weighted by Crippen LogP contribution is -2.14. The van der Waals surface area contributed by atoms with E-state index in [-0.39, 0.29) is 17.3 Å². The number of nitrogens with one attached hydrogen (secondary N) is 1. The topological polar surface area (TPSA) is 96.5 Å². The Labute approximate surface area is 181 Å². The van der Waals surface area contributed by atoms with E-state index in [9.17, 15) is 9.18 Å². The highest BCUT2D eigenvalue weighted by atomic mass is 32.1. The van der Waals surface area contributed by atoms with Crippen LogP contribution < -0.4 is 5.32 Å². The van der Waals surface area contributed by atoms with Crippen LogP contribution in [0.4, 0.5) is 9.52 Å². The van der Waals surface area contributed by atoms with Crippen molar-refractivity contribution in [1.82, 2.24) is 19.7 Å². The van der Waals surface area contributed by atoms with Gasteiger partial charge < -0.3 is 0 Å². The number of thiazole rings is 1. The van der Waals surface area contributed by atoms with E-state index in [2.05, 4.69) is 20.4 Å². The zero-order chi connectivity index (χ0) is 22.0. The smallest absolute Gasteiger partial charge is 0.261 e. The van der Waals surface area contributed by atoms with E-state index in [0.29, 0.717) is 27.8 Å². The number of aromatic nitrogens is 4. The highest BCUT2D eigenvalue weighted by molar-refractivity contribution is 7.14. The van der Waals surface area contributed by atoms with E-state index >= 15 is 0 Å². The molecule has 0 saturated carbocycles. The van der Waals surface area contributed by atoms with Crippen LogP contribution in [0.5, 0.6) is 0 Å². The molecule has 0 aliphatic carbocycles. The van der Waals surface area contributed by atoms with Gasteiger partial charge in [0.25, 0.3) is 5.91 Å². The standard InChI is InChI=1S/C22H17FN6OS/c1-13(2)29-20(15-7-3-4-8-17(15)23)16(11-25-29)21(30)28-22-27-19(12-31-22)18-9-5-6-14(10-24)26-18/h3-9,11-13H,1-2H3,(H,27,28,30). The fourth-order valence-corrected chi connectivity index (χ4v) is 3.79. The van der Waals surface area contributed by atoms with E-state index in [1.54, 1.807) is 46.5 Å². The first-order valence-corrected chi connectivity index (χ1v) is 10.3. The maximum Gasteiger partial charge on any atom is 0.261 e. The molecule has 4 aromatic rings. The quantitative estimate of drug-likeness (QED) is 0.483. The first kappa shape index (κ1) is 20.4. The molecule has 0 radical (unpaired) electrons. The van der Waals surface area contributed by atoms with Crippen LogP contribution in [-0.2, 0) is 0 Å². The lowest BCUT2D eigenvalue weighted by atomic mass is 10.1. The van der Waals surface area contributed by atoms with E-state index in [1.165, 1.54) is 23.6 Å². The number of halogens is 1. The minimum atomic E-state index is -0.440. The minimum Gasteiger partial charge on any atom is -0.298 e. The number of carbonyl (C=O) groups is 1. The molecule has 0 aliphatic heterocycles. The van der Waals surface area contributed by atoms with Crippen LogP contribution in [0.2, 0.25) is 0 Å². The summed E-state index contributed by atoms with van der Waals surface area (Å²) >= 11 is 1.23. The molecular weight excluding hydrogens is 415 g/mol. The molecule has 0 fully saturated rings. The summed E-state index contributed by atoms with van der Waals surface area (Å²) in [5.74, 6) is -0.872. The van der Waals surface area contributed by atoms with Gasteiger partial charge in [-0.25, -0.2) is 14.4 Å². The molecule has 1 N–H and O–H groups in total. The van der Waals surface area contributed by atoms with Crippen molar-refractivity contribution in [3.63, 3.8) is 0 Å². The Hall–Kier alpha value is -3.90. The Balaban J connectivity index is 1.65. The van der Waals surface area contributed by atoms with Crippen LogP contribution in [0, 0.1) is 17.1 Å². The largest absolute Gasteiger partial charge is 0.298 e. The monoisotopic (exact) mass is 432 g/mol. The molecule has 9 heteroatoms. The van der Waals surface area contributed by atoms with Crippen LogP contribution >= 0.6 is 11.3 Å². The number of nitriles is 1. The second-order valence-corrected chi connectivity index (χ2v) is 7.80. The van der Waals surface area contributed by atoms with E-state index < -0.39 is 11.7 Å².